The fraction of sp³-hybridized carbons (Fsp3) is 0.222. The van der Waals surface area contributed by atoms with Crippen LogP contribution in [-0.4, -0.2) is 16.7 Å². The lowest BCUT2D eigenvalue weighted by molar-refractivity contribution is -0.122. The highest BCUT2D eigenvalue weighted by Gasteiger charge is 1.94. The Kier molecular flexibility index (Phi) is 4.53. The fourth-order valence-electron chi connectivity index (χ4n) is 0.736. The lowest BCUT2D eigenvalue weighted by Gasteiger charge is -1.99. The molecule has 1 rings (SSSR count). The van der Waals surface area contributed by atoms with Crippen LogP contribution in [0.2, 0.25) is 0 Å². The maximum Gasteiger partial charge on any atom is 0.290 e. The zero-order chi connectivity index (χ0) is 9.56. The average Bonchev–Trinajstić information content (AvgIpc) is 2.02. The Labute approximate surface area is 71.3 Å². The van der Waals surface area contributed by atoms with E-state index in [4.69, 9.17) is 15.0 Å². The molecule has 0 aromatic heterocycles. The molecule has 66 valence electrons. The topological polar surface area (TPSA) is 57.5 Å². The van der Waals surface area contributed by atoms with Crippen molar-refractivity contribution < 1.29 is 15.0 Å². The van der Waals surface area contributed by atoms with Crippen LogP contribution in [0.25, 0.3) is 0 Å². The summed E-state index contributed by atoms with van der Waals surface area (Å²) in [5, 5.41) is 16.0. The van der Waals surface area contributed by atoms with Crippen molar-refractivity contribution in [2.24, 2.45) is 0 Å². The number of benzene rings is 1. The zero-order valence-electron chi connectivity index (χ0n) is 7.11. The molecule has 2 N–H and O–H groups in total. The summed E-state index contributed by atoms with van der Waals surface area (Å²) < 4.78 is 0. The van der Waals surface area contributed by atoms with Crippen LogP contribution in [-0.2, 0) is 4.79 Å². The highest BCUT2D eigenvalue weighted by Crippen LogP contribution is 2.17. The lowest BCUT2D eigenvalue weighted by atomic mass is 10.1. The number of phenols is 1. The molecular weight excluding hydrogens is 156 g/mol. The van der Waals surface area contributed by atoms with E-state index in [0.29, 0.717) is 5.75 Å². The van der Waals surface area contributed by atoms with Crippen molar-refractivity contribution in [3.05, 3.63) is 29.3 Å². The molecule has 0 saturated carbocycles. The standard InChI is InChI=1S/C8H10O.CH2O2/c1-6-4-3-5-8(9)7(6)2;2-1-3/h3-5,9H,1-2H3;1H,(H,2,3). The van der Waals surface area contributed by atoms with Gasteiger partial charge in [0.25, 0.3) is 6.47 Å². The van der Waals surface area contributed by atoms with Gasteiger partial charge in [0.2, 0.25) is 0 Å². The second-order valence-electron chi connectivity index (χ2n) is 2.32. The Morgan fingerprint density at radius 3 is 2.17 bits per heavy atom. The summed E-state index contributed by atoms with van der Waals surface area (Å²) in [5.41, 5.74) is 2.10. The van der Waals surface area contributed by atoms with Crippen LogP contribution in [0.15, 0.2) is 18.2 Å². The third-order valence-corrected chi connectivity index (χ3v) is 1.58. The van der Waals surface area contributed by atoms with E-state index >= 15 is 0 Å². The van der Waals surface area contributed by atoms with E-state index in [1.54, 1.807) is 6.07 Å². The summed E-state index contributed by atoms with van der Waals surface area (Å²) in [6.45, 7) is 3.64. The quantitative estimate of drug-likeness (QED) is 0.580. The molecule has 0 bridgehead atoms. The molecular formula is C9H12O3. The van der Waals surface area contributed by atoms with Crippen LogP contribution in [0, 0.1) is 13.8 Å². The van der Waals surface area contributed by atoms with Gasteiger partial charge in [0, 0.05) is 0 Å². The maximum atomic E-state index is 9.10. The molecule has 3 nitrogen and oxygen atoms in total. The Morgan fingerprint density at radius 1 is 1.33 bits per heavy atom. The summed E-state index contributed by atoms with van der Waals surface area (Å²) in [7, 11) is 0. The molecule has 0 saturated heterocycles. The normalized spacial score (nSPS) is 8.17. The van der Waals surface area contributed by atoms with Crippen molar-refractivity contribution in [2.45, 2.75) is 13.8 Å². The summed E-state index contributed by atoms with van der Waals surface area (Å²) in [5.74, 6) is 0.384. The van der Waals surface area contributed by atoms with Crippen LogP contribution < -0.4 is 0 Å². The van der Waals surface area contributed by atoms with Crippen molar-refractivity contribution in [3.8, 4) is 5.75 Å². The van der Waals surface area contributed by atoms with Gasteiger partial charge >= 0.3 is 0 Å². The monoisotopic (exact) mass is 168 g/mol. The highest BCUT2D eigenvalue weighted by molar-refractivity contribution is 5.36. The predicted molar refractivity (Wildman–Crippen MR) is 46.3 cm³/mol. The largest absolute Gasteiger partial charge is 0.508 e. The highest BCUT2D eigenvalue weighted by atomic mass is 16.3. The van der Waals surface area contributed by atoms with Gasteiger partial charge < -0.3 is 10.2 Å². The Hall–Kier alpha value is -1.51. The molecule has 12 heavy (non-hydrogen) atoms. The van der Waals surface area contributed by atoms with E-state index in [1.807, 2.05) is 26.0 Å². The average molecular weight is 168 g/mol. The Bertz CT molecular complexity index is 236. The van der Waals surface area contributed by atoms with E-state index < -0.39 is 0 Å². The minimum absolute atomic E-state index is 0.250. The van der Waals surface area contributed by atoms with Crippen molar-refractivity contribution in [3.63, 3.8) is 0 Å². The Morgan fingerprint density at radius 2 is 1.83 bits per heavy atom. The number of aromatic hydroxyl groups is 1. The number of rotatable bonds is 0. The van der Waals surface area contributed by atoms with Gasteiger partial charge in [0.15, 0.2) is 0 Å². The van der Waals surface area contributed by atoms with Crippen LogP contribution in [0.4, 0.5) is 0 Å². The van der Waals surface area contributed by atoms with Crippen molar-refractivity contribution in [1.82, 2.24) is 0 Å². The van der Waals surface area contributed by atoms with Gasteiger partial charge in [-0.2, -0.15) is 0 Å². The first-order valence-corrected chi connectivity index (χ1v) is 3.46. The van der Waals surface area contributed by atoms with Gasteiger partial charge in [0.1, 0.15) is 5.75 Å². The van der Waals surface area contributed by atoms with Gasteiger partial charge in [-0.05, 0) is 31.0 Å². The molecule has 0 aliphatic carbocycles. The van der Waals surface area contributed by atoms with E-state index in [-0.39, 0.29) is 6.47 Å². The first kappa shape index (κ1) is 10.5. The van der Waals surface area contributed by atoms with Crippen molar-refractivity contribution in [2.75, 3.05) is 0 Å². The van der Waals surface area contributed by atoms with Crippen LogP contribution in [0.1, 0.15) is 11.1 Å². The molecule has 1 aromatic carbocycles. The van der Waals surface area contributed by atoms with E-state index in [2.05, 4.69) is 0 Å². The second kappa shape index (κ2) is 5.18. The molecule has 0 radical (unpaired) electrons. The number of phenolic OH excluding ortho intramolecular Hbond substituents is 1. The second-order valence-corrected chi connectivity index (χ2v) is 2.32. The van der Waals surface area contributed by atoms with Gasteiger partial charge in [-0.15, -0.1) is 0 Å². The number of aryl methyl sites for hydroxylation is 1. The van der Waals surface area contributed by atoms with Gasteiger partial charge in [-0.3, -0.25) is 4.79 Å². The first-order valence-electron chi connectivity index (χ1n) is 3.46. The first-order chi connectivity index (χ1) is 5.63. The zero-order valence-corrected chi connectivity index (χ0v) is 7.11. The summed E-state index contributed by atoms with van der Waals surface area (Å²) >= 11 is 0. The van der Waals surface area contributed by atoms with E-state index in [9.17, 15) is 0 Å². The SMILES string of the molecule is Cc1cccc(O)c1C.O=CO. The molecule has 3 heteroatoms. The summed E-state index contributed by atoms with van der Waals surface area (Å²) in [6.07, 6.45) is 0. The molecule has 0 unspecified atom stereocenters. The third-order valence-electron chi connectivity index (χ3n) is 1.58. The summed E-state index contributed by atoms with van der Waals surface area (Å²) in [6, 6.07) is 5.52. The van der Waals surface area contributed by atoms with Crippen molar-refractivity contribution in [1.29, 1.82) is 0 Å². The van der Waals surface area contributed by atoms with Gasteiger partial charge in [-0.1, -0.05) is 12.1 Å². The molecule has 0 atom stereocenters. The molecule has 0 fully saturated rings. The molecule has 0 heterocycles. The molecule has 0 spiro atoms. The minimum atomic E-state index is -0.250. The third kappa shape index (κ3) is 3.05. The number of carboxylic acid groups (broad SMARTS) is 1. The van der Waals surface area contributed by atoms with Gasteiger partial charge in [0.05, 0.1) is 0 Å². The van der Waals surface area contributed by atoms with Crippen molar-refractivity contribution >= 4 is 6.47 Å². The molecule has 0 aliphatic heterocycles. The number of hydrogen-bond donors (Lipinski definition) is 2. The van der Waals surface area contributed by atoms with Crippen LogP contribution in [0.3, 0.4) is 0 Å². The Balaban J connectivity index is 0.000000354. The molecule has 0 aliphatic rings. The fourth-order valence-corrected chi connectivity index (χ4v) is 0.736. The van der Waals surface area contributed by atoms with Gasteiger partial charge in [-0.25, -0.2) is 0 Å². The van der Waals surface area contributed by atoms with E-state index in [0.717, 1.165) is 11.1 Å². The van der Waals surface area contributed by atoms with E-state index in [1.165, 1.54) is 0 Å². The summed E-state index contributed by atoms with van der Waals surface area (Å²) in [4.78, 5) is 8.36. The number of hydrogen-bond acceptors (Lipinski definition) is 2. The lowest BCUT2D eigenvalue weighted by Crippen LogP contribution is -1.78. The molecule has 1 aromatic rings. The maximum absolute atomic E-state index is 9.10. The number of carbonyl (C=O) groups is 1. The minimum Gasteiger partial charge on any atom is -0.508 e. The molecule has 0 amide bonds. The predicted octanol–water partition coefficient (Wildman–Crippen LogP) is 1.71. The van der Waals surface area contributed by atoms with Crippen LogP contribution >= 0.6 is 0 Å². The smallest absolute Gasteiger partial charge is 0.290 e. The van der Waals surface area contributed by atoms with Crippen LogP contribution in [0.5, 0.6) is 5.75 Å².